The average Bonchev–Trinajstić information content (AvgIpc) is 3.27. The van der Waals surface area contributed by atoms with Gasteiger partial charge in [0, 0.05) is 12.8 Å². The number of aliphatic hydroxyl groups is 2. The van der Waals surface area contributed by atoms with Crippen molar-refractivity contribution >= 4 is 11.9 Å². The molecule has 366 valence electrons. The van der Waals surface area contributed by atoms with Gasteiger partial charge in [-0.2, -0.15) is 0 Å². The van der Waals surface area contributed by atoms with E-state index in [1.165, 1.54) is 205 Å². The zero-order valence-corrected chi connectivity index (χ0v) is 41.6. The van der Waals surface area contributed by atoms with E-state index in [1.54, 1.807) is 0 Å². The van der Waals surface area contributed by atoms with Gasteiger partial charge in [0.1, 0.15) is 0 Å². The molecule has 0 fully saturated rings. The summed E-state index contributed by atoms with van der Waals surface area (Å²) in [4.78, 5) is 24.4. The number of amides is 1. The molecule has 3 N–H and O–H groups in total. The first-order valence-corrected chi connectivity index (χ1v) is 27.6. The maximum Gasteiger partial charge on any atom is 0.305 e. The van der Waals surface area contributed by atoms with Crippen LogP contribution in [0.1, 0.15) is 296 Å². The van der Waals surface area contributed by atoms with E-state index in [0.717, 1.165) is 51.4 Å². The number of hydrogen-bond acceptors (Lipinski definition) is 5. The van der Waals surface area contributed by atoms with Crippen LogP contribution in [-0.2, 0) is 14.3 Å². The number of nitrogens with one attached hydrogen (secondary N) is 1. The third-order valence-electron chi connectivity index (χ3n) is 12.8. The van der Waals surface area contributed by atoms with Crippen LogP contribution >= 0.6 is 0 Å². The van der Waals surface area contributed by atoms with Gasteiger partial charge in [-0.3, -0.25) is 9.59 Å². The zero-order chi connectivity index (χ0) is 45.1. The van der Waals surface area contributed by atoms with Crippen LogP contribution in [0.2, 0.25) is 0 Å². The Kier molecular flexibility index (Phi) is 50.6. The molecule has 0 aromatic heterocycles. The summed E-state index contributed by atoms with van der Waals surface area (Å²) in [6, 6.07) is -0.585. The van der Waals surface area contributed by atoms with Crippen LogP contribution in [0.15, 0.2) is 24.3 Å². The van der Waals surface area contributed by atoms with Crippen molar-refractivity contribution in [3.05, 3.63) is 24.3 Å². The molecule has 0 aromatic rings. The second kappa shape index (κ2) is 52.0. The van der Waals surface area contributed by atoms with Gasteiger partial charge >= 0.3 is 5.97 Å². The highest BCUT2D eigenvalue weighted by molar-refractivity contribution is 5.76. The second-order valence-corrected chi connectivity index (χ2v) is 18.9. The van der Waals surface area contributed by atoms with Crippen LogP contribution in [-0.4, -0.2) is 47.4 Å². The van der Waals surface area contributed by atoms with Gasteiger partial charge in [-0.15, -0.1) is 0 Å². The summed E-state index contributed by atoms with van der Waals surface area (Å²) in [5.41, 5.74) is 0. The van der Waals surface area contributed by atoms with Crippen molar-refractivity contribution in [3.63, 3.8) is 0 Å². The van der Waals surface area contributed by atoms with E-state index in [4.69, 9.17) is 4.74 Å². The van der Waals surface area contributed by atoms with Gasteiger partial charge < -0.3 is 20.3 Å². The molecule has 0 bridgehead atoms. The molecule has 0 rings (SSSR count). The monoisotopic (exact) mass is 874 g/mol. The van der Waals surface area contributed by atoms with Gasteiger partial charge in [0.25, 0.3) is 0 Å². The molecule has 2 unspecified atom stereocenters. The summed E-state index contributed by atoms with van der Waals surface area (Å²) < 4.78 is 5.44. The highest BCUT2D eigenvalue weighted by Crippen LogP contribution is 2.17. The summed E-state index contributed by atoms with van der Waals surface area (Å²) in [5, 5.41) is 23.2. The van der Waals surface area contributed by atoms with Crippen LogP contribution in [0, 0.1) is 0 Å². The predicted molar refractivity (Wildman–Crippen MR) is 269 cm³/mol. The Morgan fingerprint density at radius 2 is 0.823 bits per heavy atom. The number of carbonyl (C=O) groups is 2. The molecular formula is C56H107NO5. The van der Waals surface area contributed by atoms with Crippen molar-refractivity contribution in [2.75, 3.05) is 13.2 Å². The van der Waals surface area contributed by atoms with Crippen molar-refractivity contribution in [2.45, 2.75) is 309 Å². The first kappa shape index (κ1) is 60.3. The Bertz CT molecular complexity index is 966. The predicted octanol–water partition coefficient (Wildman–Crippen LogP) is 16.7. The smallest absolute Gasteiger partial charge is 0.305 e. The van der Waals surface area contributed by atoms with Gasteiger partial charge in [0.05, 0.1) is 25.4 Å². The summed E-state index contributed by atoms with van der Waals surface area (Å²) in [7, 11) is 0. The number of hydrogen-bond donors (Lipinski definition) is 3. The number of allylic oxidation sites excluding steroid dienone is 4. The molecule has 0 saturated heterocycles. The SMILES string of the molecule is CCCCCCCCCCCCCCCCCCCCCCCC(O)C(CO)NC(=O)CC/C=C\C/C=C\CCCCCCCCOC(=O)CCCCCCCCCCCCC. The van der Waals surface area contributed by atoms with Crippen molar-refractivity contribution in [1.82, 2.24) is 5.32 Å². The van der Waals surface area contributed by atoms with Crippen molar-refractivity contribution in [3.8, 4) is 0 Å². The quantitative estimate of drug-likeness (QED) is 0.0321. The second-order valence-electron chi connectivity index (χ2n) is 18.9. The lowest BCUT2D eigenvalue weighted by atomic mass is 10.0. The van der Waals surface area contributed by atoms with Gasteiger partial charge in [-0.05, 0) is 44.9 Å². The normalized spacial score (nSPS) is 12.8. The molecule has 6 heteroatoms. The Morgan fingerprint density at radius 3 is 1.26 bits per heavy atom. The maximum absolute atomic E-state index is 12.4. The standard InChI is InChI=1S/C56H107NO5/c1-3-5-7-9-11-13-15-16-17-18-19-20-21-22-23-25-29-32-36-40-44-48-54(59)53(52-58)57-55(60)49-45-41-37-33-30-26-24-27-31-35-39-43-47-51-62-56(61)50-46-42-38-34-28-14-12-10-8-6-4-2/h26,30,37,41,53-54,58-59H,3-25,27-29,31-36,38-40,42-52H2,1-2H3,(H,57,60)/b30-26-,41-37-. The van der Waals surface area contributed by atoms with Crippen LogP contribution in [0.5, 0.6) is 0 Å². The molecule has 2 atom stereocenters. The summed E-state index contributed by atoms with van der Waals surface area (Å²) >= 11 is 0. The molecule has 6 nitrogen and oxygen atoms in total. The third kappa shape index (κ3) is 47.8. The van der Waals surface area contributed by atoms with E-state index >= 15 is 0 Å². The Hall–Kier alpha value is -1.66. The van der Waals surface area contributed by atoms with Crippen molar-refractivity contribution in [2.24, 2.45) is 0 Å². The lowest BCUT2D eigenvalue weighted by Crippen LogP contribution is -2.45. The number of rotatable bonds is 51. The number of unbranched alkanes of at least 4 members (excludes halogenated alkanes) is 36. The number of carbonyl (C=O) groups excluding carboxylic acids is 2. The van der Waals surface area contributed by atoms with E-state index in [1.807, 2.05) is 6.08 Å². The van der Waals surface area contributed by atoms with Crippen LogP contribution in [0.25, 0.3) is 0 Å². The van der Waals surface area contributed by atoms with E-state index < -0.39 is 12.1 Å². The van der Waals surface area contributed by atoms with E-state index in [0.29, 0.717) is 32.3 Å². The fourth-order valence-corrected chi connectivity index (χ4v) is 8.51. The van der Waals surface area contributed by atoms with E-state index in [-0.39, 0.29) is 18.5 Å². The molecule has 0 aromatic carbocycles. The fraction of sp³-hybridized carbons (Fsp3) is 0.893. The summed E-state index contributed by atoms with van der Waals surface area (Å²) in [6.45, 7) is 4.90. The van der Waals surface area contributed by atoms with Crippen molar-refractivity contribution in [1.29, 1.82) is 0 Å². The molecule has 0 radical (unpaired) electrons. The summed E-state index contributed by atoms with van der Waals surface area (Å²) in [5.74, 6) is -0.130. The Morgan fingerprint density at radius 1 is 0.452 bits per heavy atom. The zero-order valence-electron chi connectivity index (χ0n) is 41.6. The van der Waals surface area contributed by atoms with E-state index in [2.05, 4.69) is 37.4 Å². The molecule has 0 aliphatic rings. The first-order valence-electron chi connectivity index (χ1n) is 27.6. The minimum absolute atomic E-state index is 0.0169. The number of esters is 1. The van der Waals surface area contributed by atoms with Crippen molar-refractivity contribution < 1.29 is 24.5 Å². The fourth-order valence-electron chi connectivity index (χ4n) is 8.51. The highest BCUT2D eigenvalue weighted by atomic mass is 16.5. The van der Waals surface area contributed by atoms with Gasteiger partial charge in [0.2, 0.25) is 5.91 Å². The maximum atomic E-state index is 12.4. The molecule has 62 heavy (non-hydrogen) atoms. The Balaban J connectivity index is 3.54. The minimum atomic E-state index is -0.699. The topological polar surface area (TPSA) is 95.9 Å². The number of ether oxygens (including phenoxy) is 1. The molecular weight excluding hydrogens is 767 g/mol. The molecule has 0 aliphatic heterocycles. The van der Waals surface area contributed by atoms with Gasteiger partial charge in [-0.25, -0.2) is 0 Å². The Labute approximate surface area is 386 Å². The molecule has 0 saturated carbocycles. The average molecular weight is 874 g/mol. The van der Waals surface area contributed by atoms with Crippen LogP contribution in [0.4, 0.5) is 0 Å². The largest absolute Gasteiger partial charge is 0.466 e. The van der Waals surface area contributed by atoms with Crippen LogP contribution in [0.3, 0.4) is 0 Å². The third-order valence-corrected chi connectivity index (χ3v) is 12.8. The molecule has 1 amide bonds. The first-order chi connectivity index (χ1) is 30.5. The summed E-state index contributed by atoms with van der Waals surface area (Å²) in [6.07, 6.45) is 61.7. The lowest BCUT2D eigenvalue weighted by molar-refractivity contribution is -0.143. The van der Waals surface area contributed by atoms with Crippen LogP contribution < -0.4 is 5.32 Å². The van der Waals surface area contributed by atoms with Gasteiger partial charge in [-0.1, -0.05) is 263 Å². The minimum Gasteiger partial charge on any atom is -0.466 e. The van der Waals surface area contributed by atoms with Gasteiger partial charge in [0.15, 0.2) is 0 Å². The molecule has 0 heterocycles. The van der Waals surface area contributed by atoms with E-state index in [9.17, 15) is 19.8 Å². The highest BCUT2D eigenvalue weighted by Gasteiger charge is 2.19. The molecule has 0 aliphatic carbocycles. The lowest BCUT2D eigenvalue weighted by Gasteiger charge is -2.22. The number of aliphatic hydroxyl groups excluding tert-OH is 2. The molecule has 0 spiro atoms.